The largest absolute Gasteiger partial charge is 0.457 e. The van der Waals surface area contributed by atoms with Gasteiger partial charge in [0.25, 0.3) is 0 Å². The van der Waals surface area contributed by atoms with Gasteiger partial charge in [-0.15, -0.1) is 12.4 Å². The van der Waals surface area contributed by atoms with Crippen LogP contribution in [0.3, 0.4) is 0 Å². The Morgan fingerprint density at radius 3 is 2.42 bits per heavy atom. The maximum Gasteiger partial charge on any atom is 0.414 e. The number of hydrogen-bond donors (Lipinski definition) is 1. The number of benzene rings is 3. The number of anilines is 2. The van der Waals surface area contributed by atoms with Crippen molar-refractivity contribution in [2.45, 2.75) is 32.4 Å². The third kappa shape index (κ3) is 5.98. The molecule has 3 aromatic rings. The van der Waals surface area contributed by atoms with Crippen molar-refractivity contribution in [3.05, 3.63) is 83.9 Å². The van der Waals surface area contributed by atoms with Gasteiger partial charge in [-0.1, -0.05) is 35.9 Å². The van der Waals surface area contributed by atoms with Gasteiger partial charge in [-0.25, -0.2) is 4.79 Å². The number of nitrogens with zero attached hydrogens (tertiary/aromatic N) is 2. The topological polar surface area (TPSA) is 71.1 Å². The quantitative estimate of drug-likeness (QED) is 0.458. The number of amides is 2. The Morgan fingerprint density at radius 2 is 1.69 bits per heavy atom. The molecular weight excluding hydrogens is 478 g/mol. The summed E-state index contributed by atoms with van der Waals surface area (Å²) in [5, 5.41) is 2.96. The van der Waals surface area contributed by atoms with E-state index in [1.165, 1.54) is 0 Å². The molecule has 1 saturated heterocycles. The first-order valence-corrected chi connectivity index (χ1v) is 12.0. The summed E-state index contributed by atoms with van der Waals surface area (Å²) in [7, 11) is 0. The van der Waals surface area contributed by atoms with Gasteiger partial charge in [-0.3, -0.25) is 14.6 Å². The molecule has 8 heteroatoms. The molecule has 1 N–H and O–H groups in total. The number of halogens is 1. The summed E-state index contributed by atoms with van der Waals surface area (Å²) in [4.78, 5) is 29.1. The van der Waals surface area contributed by atoms with E-state index >= 15 is 0 Å². The summed E-state index contributed by atoms with van der Waals surface area (Å²) in [6.45, 7) is 4.16. The Bertz CT molecular complexity index is 1200. The van der Waals surface area contributed by atoms with Gasteiger partial charge in [0.2, 0.25) is 5.91 Å². The highest BCUT2D eigenvalue weighted by Gasteiger charge is 2.34. The summed E-state index contributed by atoms with van der Waals surface area (Å²) in [5.41, 5.74) is 3.88. The number of fused-ring (bicyclic) bond motifs is 1. The molecular formula is C28H30ClN3O4. The lowest BCUT2D eigenvalue weighted by molar-refractivity contribution is -0.117. The van der Waals surface area contributed by atoms with Crippen LogP contribution in [-0.4, -0.2) is 42.6 Å². The fraction of sp³-hybridized carbons (Fsp3) is 0.286. The highest BCUT2D eigenvalue weighted by atomic mass is 35.5. The number of hydrogen-bond acceptors (Lipinski definition) is 5. The smallest absolute Gasteiger partial charge is 0.414 e. The van der Waals surface area contributed by atoms with Gasteiger partial charge in [0.15, 0.2) is 0 Å². The molecule has 0 unspecified atom stereocenters. The van der Waals surface area contributed by atoms with Crippen molar-refractivity contribution in [3.8, 4) is 11.5 Å². The first-order chi connectivity index (χ1) is 17.0. The van der Waals surface area contributed by atoms with Gasteiger partial charge in [0.1, 0.15) is 18.1 Å². The van der Waals surface area contributed by atoms with Gasteiger partial charge < -0.3 is 14.8 Å². The minimum Gasteiger partial charge on any atom is -0.457 e. The molecule has 7 nitrogen and oxygen atoms in total. The number of cyclic esters (lactones) is 1. The van der Waals surface area contributed by atoms with Crippen molar-refractivity contribution in [2.75, 3.05) is 29.9 Å². The van der Waals surface area contributed by atoms with E-state index in [2.05, 4.69) is 16.3 Å². The molecule has 0 aliphatic carbocycles. The molecule has 0 atom stereocenters. The lowest BCUT2D eigenvalue weighted by atomic mass is 10.00. The lowest BCUT2D eigenvalue weighted by Crippen LogP contribution is -2.50. The van der Waals surface area contributed by atoms with E-state index in [0.717, 1.165) is 54.2 Å². The third-order valence-electron chi connectivity index (χ3n) is 6.45. The summed E-state index contributed by atoms with van der Waals surface area (Å²) in [6.07, 6.45) is 1.31. The third-order valence-corrected chi connectivity index (χ3v) is 6.45. The van der Waals surface area contributed by atoms with Gasteiger partial charge in [0, 0.05) is 30.4 Å². The van der Waals surface area contributed by atoms with Crippen LogP contribution in [0.5, 0.6) is 11.5 Å². The number of aryl methyl sites for hydroxylation is 1. The molecule has 0 radical (unpaired) electrons. The number of nitrogens with one attached hydrogen (secondary N) is 1. The van der Waals surface area contributed by atoms with Crippen molar-refractivity contribution in [1.82, 2.24) is 4.90 Å². The maximum atomic E-state index is 12.6. The molecule has 2 amide bonds. The summed E-state index contributed by atoms with van der Waals surface area (Å²) in [5.74, 6) is 1.42. The first-order valence-electron chi connectivity index (χ1n) is 12.0. The Morgan fingerprint density at radius 1 is 1.00 bits per heavy atom. The number of para-hydroxylation sites is 1. The maximum absolute atomic E-state index is 12.6. The Balaban J connectivity index is 0.00000304. The zero-order valence-corrected chi connectivity index (χ0v) is 21.0. The molecule has 0 bridgehead atoms. The van der Waals surface area contributed by atoms with Crippen LogP contribution in [0, 0.1) is 6.92 Å². The molecule has 5 rings (SSSR count). The predicted octanol–water partition coefficient (Wildman–Crippen LogP) is 5.77. The van der Waals surface area contributed by atoms with Gasteiger partial charge >= 0.3 is 6.09 Å². The van der Waals surface area contributed by atoms with Gasteiger partial charge in [-0.2, -0.15) is 0 Å². The standard InChI is InChI=1S/C28H29N3O4.ClH/c1-20-7-12-26-21(17-20)19-34-28(33)31(26)23-13-15-30(16-14-23)18-27(32)29-22-8-10-25(11-9-22)35-24-5-3-2-4-6-24;/h2-12,17,23H,13-16,18-19H2,1H3,(H,29,32);1H. The van der Waals surface area contributed by atoms with Crippen LogP contribution in [-0.2, 0) is 16.1 Å². The molecule has 2 aliphatic heterocycles. The number of ether oxygens (including phenoxy) is 2. The van der Waals surface area contributed by atoms with Crippen LogP contribution < -0.4 is 15.0 Å². The van der Waals surface area contributed by atoms with Crippen LogP contribution in [0.1, 0.15) is 24.0 Å². The van der Waals surface area contributed by atoms with Crippen LogP contribution >= 0.6 is 12.4 Å². The SMILES string of the molecule is Cc1ccc2c(c1)COC(=O)N2C1CCN(CC(=O)Nc2ccc(Oc3ccccc3)cc2)CC1.Cl. The van der Waals surface area contributed by atoms with Crippen molar-refractivity contribution in [1.29, 1.82) is 0 Å². The average molecular weight is 508 g/mol. The van der Waals surface area contributed by atoms with Crippen LogP contribution in [0.4, 0.5) is 16.2 Å². The van der Waals surface area contributed by atoms with Crippen molar-refractivity contribution < 1.29 is 19.1 Å². The summed E-state index contributed by atoms with van der Waals surface area (Å²) in [6, 6.07) is 23.1. The van der Waals surface area contributed by atoms with Crippen molar-refractivity contribution in [3.63, 3.8) is 0 Å². The average Bonchev–Trinajstić information content (AvgIpc) is 2.87. The molecule has 2 aliphatic rings. The molecule has 3 aromatic carbocycles. The second-order valence-corrected chi connectivity index (χ2v) is 9.05. The van der Waals surface area contributed by atoms with E-state index in [1.54, 1.807) is 4.90 Å². The molecule has 2 heterocycles. The van der Waals surface area contributed by atoms with Gasteiger partial charge in [0.05, 0.1) is 12.2 Å². The predicted molar refractivity (Wildman–Crippen MR) is 142 cm³/mol. The molecule has 0 saturated carbocycles. The minimum atomic E-state index is -0.280. The lowest BCUT2D eigenvalue weighted by Gasteiger charge is -2.40. The van der Waals surface area contributed by atoms with Crippen molar-refractivity contribution in [2.24, 2.45) is 0 Å². The normalized spacial score (nSPS) is 15.9. The summed E-state index contributed by atoms with van der Waals surface area (Å²) >= 11 is 0. The van der Waals surface area contributed by atoms with E-state index in [4.69, 9.17) is 9.47 Å². The van der Waals surface area contributed by atoms with E-state index in [-0.39, 0.29) is 30.4 Å². The molecule has 36 heavy (non-hydrogen) atoms. The molecule has 1 fully saturated rings. The first kappa shape index (κ1) is 25.5. The fourth-order valence-corrected chi connectivity index (χ4v) is 4.69. The second-order valence-electron chi connectivity index (χ2n) is 9.05. The second kappa shape index (κ2) is 11.5. The molecule has 188 valence electrons. The summed E-state index contributed by atoms with van der Waals surface area (Å²) < 4.78 is 11.2. The monoisotopic (exact) mass is 507 g/mol. The Hall–Kier alpha value is -3.55. The van der Waals surface area contributed by atoms with E-state index in [0.29, 0.717) is 18.9 Å². The molecule has 0 spiro atoms. The van der Waals surface area contributed by atoms with Crippen LogP contribution in [0.15, 0.2) is 72.8 Å². The zero-order chi connectivity index (χ0) is 24.2. The van der Waals surface area contributed by atoms with Crippen LogP contribution in [0.2, 0.25) is 0 Å². The minimum absolute atomic E-state index is 0. The van der Waals surface area contributed by atoms with E-state index in [9.17, 15) is 9.59 Å². The number of carbonyl (C=O) groups is 2. The number of carbonyl (C=O) groups excluding carboxylic acids is 2. The molecule has 0 aromatic heterocycles. The van der Waals surface area contributed by atoms with E-state index in [1.807, 2.05) is 73.7 Å². The van der Waals surface area contributed by atoms with Crippen LogP contribution in [0.25, 0.3) is 0 Å². The highest BCUT2D eigenvalue weighted by Crippen LogP contribution is 2.32. The van der Waals surface area contributed by atoms with Gasteiger partial charge in [-0.05, 0) is 62.2 Å². The zero-order valence-electron chi connectivity index (χ0n) is 20.2. The number of rotatable bonds is 6. The Kier molecular flexibility index (Phi) is 8.13. The highest BCUT2D eigenvalue weighted by molar-refractivity contribution is 5.92. The van der Waals surface area contributed by atoms with E-state index < -0.39 is 0 Å². The number of piperidine rings is 1. The number of likely N-dealkylation sites (tertiary alicyclic amines) is 1. The van der Waals surface area contributed by atoms with Crippen molar-refractivity contribution >= 4 is 35.8 Å². The Labute approximate surface area is 217 Å². The fourth-order valence-electron chi connectivity index (χ4n) is 4.69.